The van der Waals surface area contributed by atoms with Gasteiger partial charge in [-0.1, -0.05) is 18.2 Å². The lowest BCUT2D eigenvalue weighted by molar-refractivity contribution is -0.114. The van der Waals surface area contributed by atoms with Crippen molar-refractivity contribution in [2.24, 2.45) is 0 Å². The van der Waals surface area contributed by atoms with Gasteiger partial charge in [0.1, 0.15) is 16.9 Å². The zero-order valence-electron chi connectivity index (χ0n) is 10.5. The van der Waals surface area contributed by atoms with E-state index >= 15 is 0 Å². The van der Waals surface area contributed by atoms with Crippen LogP contribution in [0.1, 0.15) is 43.0 Å². The minimum absolute atomic E-state index is 0.112. The van der Waals surface area contributed by atoms with E-state index in [2.05, 4.69) is 11.1 Å². The Morgan fingerprint density at radius 3 is 2.94 bits per heavy atom. The third-order valence-electron chi connectivity index (χ3n) is 3.05. The molecule has 3 nitrogen and oxygen atoms in total. The van der Waals surface area contributed by atoms with Crippen LogP contribution in [-0.2, 0) is 17.6 Å². The maximum absolute atomic E-state index is 11.0. The first-order chi connectivity index (χ1) is 8.70. The smallest absolute Gasteiger partial charge is 0.140 e. The lowest BCUT2D eigenvalue weighted by Crippen LogP contribution is -2.02. The van der Waals surface area contributed by atoms with Crippen molar-refractivity contribution in [3.8, 4) is 6.07 Å². The van der Waals surface area contributed by atoms with E-state index in [0.29, 0.717) is 16.3 Å². The Labute approximate surface area is 112 Å². The summed E-state index contributed by atoms with van der Waals surface area (Å²) in [5.41, 5.74) is 2.95. The molecule has 1 aliphatic rings. The van der Waals surface area contributed by atoms with Gasteiger partial charge in [-0.3, -0.25) is 4.79 Å². The summed E-state index contributed by atoms with van der Waals surface area (Å²) in [6, 6.07) is 4.16. The van der Waals surface area contributed by atoms with Crippen molar-refractivity contribution in [2.75, 3.05) is 5.75 Å². The molecule has 1 aliphatic carbocycles. The van der Waals surface area contributed by atoms with Gasteiger partial charge in [-0.05, 0) is 44.2 Å². The molecule has 18 heavy (non-hydrogen) atoms. The number of aryl methyl sites for hydroxylation is 2. The van der Waals surface area contributed by atoms with Crippen LogP contribution in [0.4, 0.5) is 0 Å². The molecule has 0 spiro atoms. The monoisotopic (exact) mass is 260 g/mol. The van der Waals surface area contributed by atoms with Crippen LogP contribution in [0.5, 0.6) is 0 Å². The van der Waals surface area contributed by atoms with Gasteiger partial charge in [0.05, 0.1) is 11.3 Å². The quantitative estimate of drug-likeness (QED) is 0.619. The Hall–Kier alpha value is -1.34. The number of hydrogen-bond donors (Lipinski definition) is 0. The number of nitrogens with zero attached hydrogens (tertiary/aromatic N) is 2. The van der Waals surface area contributed by atoms with E-state index < -0.39 is 0 Å². The third-order valence-corrected chi connectivity index (χ3v) is 4.18. The summed E-state index contributed by atoms with van der Waals surface area (Å²) in [7, 11) is 0. The molecule has 1 heterocycles. The van der Waals surface area contributed by atoms with Gasteiger partial charge >= 0.3 is 0 Å². The Bertz CT molecular complexity index is 505. The molecule has 0 atom stereocenters. The van der Waals surface area contributed by atoms with E-state index in [4.69, 9.17) is 5.26 Å². The number of Topliss-reactive ketones (excluding diaryl/α,β-unsaturated/α-hetero) is 1. The van der Waals surface area contributed by atoms with E-state index in [1.807, 2.05) is 6.07 Å². The highest BCUT2D eigenvalue weighted by molar-refractivity contribution is 8.00. The highest BCUT2D eigenvalue weighted by Crippen LogP contribution is 2.26. The Morgan fingerprint density at radius 2 is 2.22 bits per heavy atom. The van der Waals surface area contributed by atoms with Crippen molar-refractivity contribution >= 4 is 17.5 Å². The number of ketones is 1. The first-order valence-electron chi connectivity index (χ1n) is 6.26. The van der Waals surface area contributed by atoms with Crippen molar-refractivity contribution in [3.63, 3.8) is 0 Å². The molecule has 1 aromatic rings. The zero-order chi connectivity index (χ0) is 13.0. The van der Waals surface area contributed by atoms with Crippen LogP contribution in [0, 0.1) is 11.3 Å². The molecular weight excluding hydrogens is 244 g/mol. The molecule has 0 aliphatic heterocycles. The van der Waals surface area contributed by atoms with Crippen molar-refractivity contribution in [3.05, 3.63) is 22.9 Å². The number of fused-ring (bicyclic) bond motifs is 1. The second-order valence-corrected chi connectivity index (χ2v) is 5.57. The van der Waals surface area contributed by atoms with Crippen LogP contribution in [0.15, 0.2) is 11.1 Å². The summed E-state index contributed by atoms with van der Waals surface area (Å²) >= 11 is 1.38. The first kappa shape index (κ1) is 13.1. The molecule has 0 bridgehead atoms. The highest BCUT2D eigenvalue weighted by atomic mass is 32.2. The summed E-state index contributed by atoms with van der Waals surface area (Å²) in [5.74, 6) is 0.501. The SMILES string of the molecule is CC(=O)CSc1nc2c(cc1C#N)CCCCC2. The Kier molecular flexibility index (Phi) is 4.38. The van der Waals surface area contributed by atoms with Gasteiger partial charge in [0.25, 0.3) is 0 Å². The predicted molar refractivity (Wildman–Crippen MR) is 71.6 cm³/mol. The molecule has 0 saturated carbocycles. The third kappa shape index (κ3) is 3.11. The lowest BCUT2D eigenvalue weighted by Gasteiger charge is -2.09. The Balaban J connectivity index is 2.31. The summed E-state index contributed by atoms with van der Waals surface area (Å²) in [4.78, 5) is 15.6. The van der Waals surface area contributed by atoms with Gasteiger partial charge in [0, 0.05) is 5.69 Å². The van der Waals surface area contributed by atoms with E-state index in [1.54, 1.807) is 6.92 Å². The molecular formula is C14H16N2OS. The number of nitriles is 1. The van der Waals surface area contributed by atoms with Crippen molar-refractivity contribution < 1.29 is 4.79 Å². The molecule has 94 valence electrons. The molecule has 0 N–H and O–H groups in total. The Morgan fingerprint density at radius 1 is 1.44 bits per heavy atom. The minimum Gasteiger partial charge on any atom is -0.299 e. The van der Waals surface area contributed by atoms with Crippen LogP contribution in [-0.4, -0.2) is 16.5 Å². The first-order valence-corrected chi connectivity index (χ1v) is 7.24. The lowest BCUT2D eigenvalue weighted by atomic mass is 10.1. The molecule has 0 aromatic carbocycles. The van der Waals surface area contributed by atoms with E-state index in [1.165, 1.54) is 36.6 Å². The second-order valence-electron chi connectivity index (χ2n) is 4.61. The summed E-state index contributed by atoms with van der Waals surface area (Å²) in [5, 5.41) is 9.88. The summed E-state index contributed by atoms with van der Waals surface area (Å²) in [6.45, 7) is 1.56. The number of thioether (sulfide) groups is 1. The second kappa shape index (κ2) is 6.01. The largest absolute Gasteiger partial charge is 0.299 e. The number of pyridine rings is 1. The molecule has 0 saturated heterocycles. The van der Waals surface area contributed by atoms with Gasteiger partial charge in [0.2, 0.25) is 0 Å². The predicted octanol–water partition coefficient (Wildman–Crippen LogP) is 2.90. The average molecular weight is 260 g/mol. The number of carbonyl (C=O) groups is 1. The van der Waals surface area contributed by atoms with Gasteiger partial charge < -0.3 is 0 Å². The fourth-order valence-corrected chi connectivity index (χ4v) is 2.93. The topological polar surface area (TPSA) is 53.8 Å². The van der Waals surface area contributed by atoms with Crippen LogP contribution >= 0.6 is 11.8 Å². The van der Waals surface area contributed by atoms with E-state index in [-0.39, 0.29) is 5.78 Å². The summed E-state index contributed by atoms with van der Waals surface area (Å²) in [6.07, 6.45) is 5.60. The molecule has 1 aromatic heterocycles. The average Bonchev–Trinajstić information content (AvgIpc) is 2.59. The van der Waals surface area contributed by atoms with Crippen LogP contribution in [0.25, 0.3) is 0 Å². The van der Waals surface area contributed by atoms with Crippen LogP contribution in [0.2, 0.25) is 0 Å². The van der Waals surface area contributed by atoms with E-state index in [9.17, 15) is 4.79 Å². The number of aromatic nitrogens is 1. The molecule has 2 rings (SSSR count). The van der Waals surface area contributed by atoms with Gasteiger partial charge in [0.15, 0.2) is 0 Å². The maximum atomic E-state index is 11.0. The fraction of sp³-hybridized carbons (Fsp3) is 0.500. The van der Waals surface area contributed by atoms with Crippen LogP contribution < -0.4 is 0 Å². The molecule has 0 unspecified atom stereocenters. The maximum Gasteiger partial charge on any atom is 0.140 e. The molecule has 0 amide bonds. The standard InChI is InChI=1S/C14H16N2OS/c1-10(17)9-18-14-12(8-15)7-11-5-3-2-4-6-13(11)16-14/h7H,2-6,9H2,1H3. The summed E-state index contributed by atoms with van der Waals surface area (Å²) < 4.78 is 0. The minimum atomic E-state index is 0.112. The zero-order valence-corrected chi connectivity index (χ0v) is 11.3. The van der Waals surface area contributed by atoms with Crippen molar-refractivity contribution in [1.82, 2.24) is 4.98 Å². The molecule has 0 radical (unpaired) electrons. The van der Waals surface area contributed by atoms with Crippen molar-refractivity contribution in [1.29, 1.82) is 5.26 Å². The normalized spacial score (nSPS) is 14.4. The van der Waals surface area contributed by atoms with Gasteiger partial charge in [-0.2, -0.15) is 5.26 Å². The van der Waals surface area contributed by atoms with Crippen LogP contribution in [0.3, 0.4) is 0 Å². The number of carbonyl (C=O) groups excluding carboxylic acids is 1. The van der Waals surface area contributed by atoms with Gasteiger partial charge in [-0.25, -0.2) is 4.98 Å². The molecule has 0 fully saturated rings. The highest BCUT2D eigenvalue weighted by Gasteiger charge is 2.14. The van der Waals surface area contributed by atoms with E-state index in [0.717, 1.165) is 18.5 Å². The van der Waals surface area contributed by atoms with Gasteiger partial charge in [-0.15, -0.1) is 0 Å². The fourth-order valence-electron chi connectivity index (χ4n) is 2.15. The number of rotatable bonds is 3. The van der Waals surface area contributed by atoms with Crippen molar-refractivity contribution in [2.45, 2.75) is 44.1 Å². The molecule has 4 heteroatoms. The number of hydrogen-bond acceptors (Lipinski definition) is 4.